The van der Waals surface area contributed by atoms with Crippen molar-refractivity contribution in [1.82, 2.24) is 9.97 Å². The number of fused-ring (bicyclic) bond motifs is 1. The fourth-order valence-electron chi connectivity index (χ4n) is 1.08. The van der Waals surface area contributed by atoms with Gasteiger partial charge in [-0.3, -0.25) is 4.79 Å². The van der Waals surface area contributed by atoms with Gasteiger partial charge in [-0.05, 0) is 0 Å². The minimum absolute atomic E-state index is 0. The number of aromatic amines is 1. The van der Waals surface area contributed by atoms with Crippen LogP contribution < -0.4 is 40.2 Å². The number of rotatable bonds is 1. The van der Waals surface area contributed by atoms with Gasteiger partial charge in [-0.2, -0.15) is 0 Å². The molecule has 2 aromatic heterocycles. The van der Waals surface area contributed by atoms with Gasteiger partial charge in [0.1, 0.15) is 10.4 Å². The molecule has 0 atom stereocenters. The summed E-state index contributed by atoms with van der Waals surface area (Å²) in [6.07, 6.45) is 0. The molecular weight excluding hydrogens is 231 g/mol. The van der Waals surface area contributed by atoms with Gasteiger partial charge in [0.15, 0.2) is 0 Å². The Hall–Kier alpha value is -0.890. The van der Waals surface area contributed by atoms with Crippen molar-refractivity contribution >= 4 is 27.7 Å². The number of nitrogens with zero attached hydrogens (tertiary/aromatic N) is 1. The summed E-state index contributed by atoms with van der Waals surface area (Å²) < 4.78 is 0. The number of hydrogen-bond acceptors (Lipinski definition) is 5. The molecule has 2 rings (SSSR count). The van der Waals surface area contributed by atoms with Crippen molar-refractivity contribution in [2.45, 2.75) is 0 Å². The van der Waals surface area contributed by atoms with Gasteiger partial charge in [0.05, 0.1) is 11.0 Å². The third kappa shape index (κ3) is 1.91. The van der Waals surface area contributed by atoms with Crippen molar-refractivity contribution < 1.29 is 44.6 Å². The molecule has 2 aromatic rings. The first kappa shape index (κ1) is 12.2. The van der Waals surface area contributed by atoms with Crippen LogP contribution in [0.15, 0.2) is 10.3 Å². The van der Waals surface area contributed by atoms with Crippen molar-refractivity contribution in [2.75, 3.05) is 0 Å². The predicted molar refractivity (Wildman–Crippen MR) is 46.6 cm³/mol. The topological polar surface area (TPSA) is 106 Å². The van der Waals surface area contributed by atoms with Crippen LogP contribution in [0.25, 0.3) is 10.3 Å². The van der Waals surface area contributed by atoms with Crippen LogP contribution in [-0.2, 0) is 0 Å². The monoisotopic (exact) mass is 234 g/mol. The molecule has 0 saturated heterocycles. The molecule has 6 nitrogen and oxygen atoms in total. The standard InChI is InChI=1S/C7H4N2O4S.Na/c10-4-2(7(12)13)5(11)9-6-3(4)8-1-14-6;/h1H,(H,12,13)(H2,9,10,11);/q;+1/p-1. The third-order valence-electron chi connectivity index (χ3n) is 1.68. The molecule has 0 aliphatic rings. The zero-order chi connectivity index (χ0) is 10.3. The second-order valence-electron chi connectivity index (χ2n) is 2.49. The molecule has 0 aromatic carbocycles. The third-order valence-corrected chi connectivity index (χ3v) is 2.42. The number of pyridine rings is 1. The van der Waals surface area contributed by atoms with Crippen LogP contribution in [0.4, 0.5) is 0 Å². The number of thiazole rings is 1. The number of carbonyl (C=O) groups is 1. The Labute approximate surface area is 109 Å². The van der Waals surface area contributed by atoms with E-state index in [1.807, 2.05) is 0 Å². The van der Waals surface area contributed by atoms with Crippen molar-refractivity contribution in [2.24, 2.45) is 0 Å². The number of H-pyrrole nitrogens is 1. The smallest absolute Gasteiger partial charge is 0.870 e. The van der Waals surface area contributed by atoms with Crippen LogP contribution in [-0.4, -0.2) is 21.0 Å². The van der Waals surface area contributed by atoms with E-state index in [4.69, 9.17) is 5.11 Å². The van der Waals surface area contributed by atoms with Gasteiger partial charge in [0.25, 0.3) is 5.56 Å². The van der Waals surface area contributed by atoms with Crippen LogP contribution in [0.2, 0.25) is 0 Å². The molecule has 0 radical (unpaired) electrons. The van der Waals surface area contributed by atoms with Crippen LogP contribution in [0.5, 0.6) is 5.75 Å². The summed E-state index contributed by atoms with van der Waals surface area (Å²) in [6.45, 7) is 0. The van der Waals surface area contributed by atoms with E-state index in [1.54, 1.807) is 0 Å². The maximum atomic E-state index is 11.4. The molecule has 0 amide bonds. The fourth-order valence-corrected chi connectivity index (χ4v) is 1.75. The Morgan fingerprint density at radius 3 is 2.87 bits per heavy atom. The van der Waals surface area contributed by atoms with Gasteiger partial charge in [-0.1, -0.05) is 5.75 Å². The van der Waals surface area contributed by atoms with Crippen molar-refractivity contribution in [3.8, 4) is 5.75 Å². The van der Waals surface area contributed by atoms with E-state index in [2.05, 4.69) is 9.97 Å². The Bertz CT molecular complexity index is 576. The number of aromatic carboxylic acids is 1. The zero-order valence-corrected chi connectivity index (χ0v) is 10.4. The van der Waals surface area contributed by atoms with Crippen LogP contribution >= 0.6 is 11.3 Å². The first-order valence-electron chi connectivity index (χ1n) is 3.51. The summed E-state index contributed by atoms with van der Waals surface area (Å²) in [6, 6.07) is 0. The van der Waals surface area contributed by atoms with E-state index < -0.39 is 22.8 Å². The molecule has 0 aliphatic heterocycles. The average molecular weight is 234 g/mol. The minimum Gasteiger partial charge on any atom is -0.870 e. The van der Waals surface area contributed by atoms with E-state index in [9.17, 15) is 14.7 Å². The largest absolute Gasteiger partial charge is 1.00 e. The molecule has 72 valence electrons. The molecule has 0 spiro atoms. The molecule has 2 heterocycles. The van der Waals surface area contributed by atoms with Crippen molar-refractivity contribution in [1.29, 1.82) is 0 Å². The molecule has 0 bridgehead atoms. The van der Waals surface area contributed by atoms with E-state index in [1.165, 1.54) is 5.51 Å². The summed E-state index contributed by atoms with van der Waals surface area (Å²) in [5.74, 6) is -2.37. The molecule has 15 heavy (non-hydrogen) atoms. The summed E-state index contributed by atoms with van der Waals surface area (Å²) in [5, 5.41) is 20.0. The SMILES string of the molecule is O=C(O)c1c([O-])c2ncsc2[nH]c1=O.[Na+]. The maximum absolute atomic E-state index is 11.4. The van der Waals surface area contributed by atoms with E-state index in [0.717, 1.165) is 11.3 Å². The first-order chi connectivity index (χ1) is 6.61. The Balaban J connectivity index is 0.00000112. The summed E-state index contributed by atoms with van der Waals surface area (Å²) >= 11 is 1.08. The number of hydrogen-bond donors (Lipinski definition) is 2. The van der Waals surface area contributed by atoms with Gasteiger partial charge in [0, 0.05) is 0 Å². The van der Waals surface area contributed by atoms with Gasteiger partial charge >= 0.3 is 35.5 Å². The molecule has 0 saturated carbocycles. The Kier molecular flexibility index (Phi) is 3.50. The van der Waals surface area contributed by atoms with Gasteiger partial charge in [-0.25, -0.2) is 9.78 Å². The summed E-state index contributed by atoms with van der Waals surface area (Å²) in [7, 11) is 0. The molecule has 8 heteroatoms. The molecular formula is C7H3N2NaO4S. The second-order valence-corrected chi connectivity index (χ2v) is 3.35. The quantitative estimate of drug-likeness (QED) is 0.504. The Morgan fingerprint density at radius 1 is 1.60 bits per heavy atom. The average Bonchev–Trinajstić information content (AvgIpc) is 2.50. The minimum atomic E-state index is -1.54. The van der Waals surface area contributed by atoms with Crippen LogP contribution in [0.3, 0.4) is 0 Å². The summed E-state index contributed by atoms with van der Waals surface area (Å²) in [5.41, 5.74) is -0.317. The molecule has 0 fully saturated rings. The van der Waals surface area contributed by atoms with E-state index in [0.29, 0.717) is 4.83 Å². The normalized spacial score (nSPS) is 9.87. The second kappa shape index (κ2) is 4.31. The number of carboxylic acid groups (broad SMARTS) is 1. The molecule has 2 N–H and O–H groups in total. The Morgan fingerprint density at radius 2 is 2.27 bits per heavy atom. The van der Waals surface area contributed by atoms with Crippen molar-refractivity contribution in [3.63, 3.8) is 0 Å². The van der Waals surface area contributed by atoms with Crippen molar-refractivity contribution in [3.05, 3.63) is 21.4 Å². The van der Waals surface area contributed by atoms with E-state index >= 15 is 0 Å². The first-order valence-corrected chi connectivity index (χ1v) is 4.39. The van der Waals surface area contributed by atoms with E-state index in [-0.39, 0.29) is 35.1 Å². The molecule has 0 aliphatic carbocycles. The number of nitrogens with one attached hydrogen (secondary N) is 1. The van der Waals surface area contributed by atoms with Crippen LogP contribution in [0.1, 0.15) is 10.4 Å². The molecule has 0 unspecified atom stereocenters. The maximum Gasteiger partial charge on any atom is 1.00 e. The fraction of sp³-hybridized carbons (Fsp3) is 0. The van der Waals surface area contributed by atoms with Crippen LogP contribution in [0, 0.1) is 0 Å². The predicted octanol–water partition coefficient (Wildman–Crippen LogP) is -3.24. The van der Waals surface area contributed by atoms with Gasteiger partial charge in [0.2, 0.25) is 0 Å². The number of carboxylic acids is 1. The zero-order valence-electron chi connectivity index (χ0n) is 7.60. The summed E-state index contributed by atoms with van der Waals surface area (Å²) in [4.78, 5) is 28.0. The van der Waals surface area contributed by atoms with Gasteiger partial charge < -0.3 is 15.2 Å². The number of aromatic nitrogens is 2. The van der Waals surface area contributed by atoms with Gasteiger partial charge in [-0.15, -0.1) is 11.3 Å².